The van der Waals surface area contributed by atoms with Gasteiger partial charge >= 0.3 is 0 Å². The van der Waals surface area contributed by atoms with Gasteiger partial charge in [0.25, 0.3) is 0 Å². The molecule has 1 unspecified atom stereocenters. The van der Waals surface area contributed by atoms with Crippen molar-refractivity contribution in [2.45, 2.75) is 49.7 Å². The third-order valence-electron chi connectivity index (χ3n) is 5.34. The molecule has 1 saturated heterocycles. The van der Waals surface area contributed by atoms with Gasteiger partial charge in [0, 0.05) is 30.8 Å². The smallest absolute Gasteiger partial charge is 0.237 e. The molecule has 0 N–H and O–H groups in total. The van der Waals surface area contributed by atoms with Crippen LogP contribution in [-0.2, 0) is 16.0 Å². The molecule has 128 valence electrons. The van der Waals surface area contributed by atoms with E-state index in [0.29, 0.717) is 22.5 Å². The Hall–Kier alpha value is -1.67. The first-order valence-electron chi connectivity index (χ1n) is 8.25. The number of aromatic nitrogens is 2. The lowest BCUT2D eigenvalue weighted by molar-refractivity contribution is -0.131. The summed E-state index contributed by atoms with van der Waals surface area (Å²) in [5, 5.41) is 12.9. The van der Waals surface area contributed by atoms with Gasteiger partial charge in [-0.1, -0.05) is 24.6 Å². The highest BCUT2D eigenvalue weighted by Gasteiger charge is 2.53. The summed E-state index contributed by atoms with van der Waals surface area (Å²) in [6.45, 7) is -0.0579. The van der Waals surface area contributed by atoms with Crippen molar-refractivity contribution in [2.75, 3.05) is 17.7 Å². The Morgan fingerprint density at radius 1 is 1.29 bits per heavy atom. The summed E-state index contributed by atoms with van der Waals surface area (Å²) in [6.07, 6.45) is 8.06. The van der Waals surface area contributed by atoms with E-state index in [-0.39, 0.29) is 24.9 Å². The summed E-state index contributed by atoms with van der Waals surface area (Å²) < 4.78 is 0. The monoisotopic (exact) mass is 347 g/mol. The Morgan fingerprint density at radius 3 is 2.67 bits per heavy atom. The normalized spacial score (nSPS) is 27.4. The maximum Gasteiger partial charge on any atom is 0.237 e. The van der Waals surface area contributed by atoms with Crippen LogP contribution in [-0.4, -0.2) is 45.7 Å². The van der Waals surface area contributed by atoms with Crippen molar-refractivity contribution in [3.05, 3.63) is 17.0 Å². The number of anilines is 1. The minimum Gasteiger partial charge on any atom is -0.756 e. The Balaban J connectivity index is 1.81. The third kappa shape index (κ3) is 2.31. The molecule has 0 aromatic carbocycles. The zero-order valence-corrected chi connectivity index (χ0v) is 14.3. The third-order valence-corrected chi connectivity index (χ3v) is 5.90. The summed E-state index contributed by atoms with van der Waals surface area (Å²) in [5.74, 6) is 0.0628. The number of amides is 2. The van der Waals surface area contributed by atoms with Crippen molar-refractivity contribution in [3.8, 4) is 0 Å². The van der Waals surface area contributed by atoms with Crippen LogP contribution in [0, 0.1) is 10.6 Å². The molecule has 1 aromatic heterocycles. The predicted octanol–water partition coefficient (Wildman–Crippen LogP) is 1.75. The van der Waals surface area contributed by atoms with Crippen molar-refractivity contribution in [2.24, 2.45) is 5.41 Å². The molecule has 3 heterocycles. The molecular formula is C16H19N4O3S-. The van der Waals surface area contributed by atoms with Gasteiger partial charge in [0.1, 0.15) is 5.82 Å². The second-order valence-electron chi connectivity index (χ2n) is 6.88. The number of rotatable bonds is 2. The first-order chi connectivity index (χ1) is 11.5. The first kappa shape index (κ1) is 15.8. The molecule has 7 nitrogen and oxygen atoms in total. The first-order valence-corrected chi connectivity index (χ1v) is 9.48. The van der Waals surface area contributed by atoms with Gasteiger partial charge < -0.3 is 10.3 Å². The van der Waals surface area contributed by atoms with Gasteiger partial charge in [0.05, 0.1) is 5.41 Å². The zero-order valence-electron chi connectivity index (χ0n) is 13.5. The molecule has 1 aromatic rings. The van der Waals surface area contributed by atoms with Crippen LogP contribution in [0.5, 0.6) is 0 Å². The predicted molar refractivity (Wildman–Crippen MR) is 89.4 cm³/mol. The highest BCUT2D eigenvalue weighted by molar-refractivity contribution is 7.98. The number of hydrogen-bond acceptors (Lipinski definition) is 6. The fraction of sp³-hybridized carbons (Fsp3) is 0.625. The van der Waals surface area contributed by atoms with Gasteiger partial charge in [-0.3, -0.25) is 14.5 Å². The number of thioether (sulfide) groups is 1. The summed E-state index contributed by atoms with van der Waals surface area (Å²) in [4.78, 5) is 35.9. The van der Waals surface area contributed by atoms with E-state index in [1.54, 1.807) is 11.1 Å². The lowest BCUT2D eigenvalue weighted by Gasteiger charge is -2.42. The lowest BCUT2D eigenvalue weighted by Crippen LogP contribution is -2.54. The number of hydrogen-bond donors (Lipinski definition) is 0. The van der Waals surface area contributed by atoms with Crippen LogP contribution in [0.1, 0.15) is 37.7 Å². The number of carbonyl (C=O) groups is 2. The molecule has 0 radical (unpaired) electrons. The number of nitrogens with zero attached hydrogens (tertiary/aromatic N) is 4. The van der Waals surface area contributed by atoms with Crippen LogP contribution in [0.2, 0.25) is 0 Å². The van der Waals surface area contributed by atoms with Crippen molar-refractivity contribution >= 4 is 29.4 Å². The fourth-order valence-electron chi connectivity index (χ4n) is 4.17. The van der Waals surface area contributed by atoms with Crippen LogP contribution in [0.15, 0.2) is 11.4 Å². The highest BCUT2D eigenvalue weighted by atomic mass is 32.2. The van der Waals surface area contributed by atoms with Crippen LogP contribution in [0.3, 0.4) is 0 Å². The Kier molecular flexibility index (Phi) is 3.76. The van der Waals surface area contributed by atoms with Crippen molar-refractivity contribution in [1.82, 2.24) is 15.0 Å². The SMILES string of the molecule is CSc1ncc2c(n1)N(C1CCCC1)C(=O)C1(CC(=O)N([O-])C1)C2. The number of fused-ring (bicyclic) bond motifs is 1. The molecule has 2 aliphatic heterocycles. The summed E-state index contributed by atoms with van der Waals surface area (Å²) in [6, 6.07) is 0.105. The molecule has 1 saturated carbocycles. The van der Waals surface area contributed by atoms with E-state index in [1.165, 1.54) is 11.8 Å². The molecule has 2 fully saturated rings. The van der Waals surface area contributed by atoms with E-state index in [1.807, 2.05) is 6.26 Å². The average Bonchev–Trinajstić information content (AvgIpc) is 3.18. The quantitative estimate of drug-likeness (QED) is 0.598. The largest absolute Gasteiger partial charge is 0.756 e. The molecular weight excluding hydrogens is 328 g/mol. The summed E-state index contributed by atoms with van der Waals surface area (Å²) >= 11 is 1.44. The molecule has 1 aliphatic carbocycles. The van der Waals surface area contributed by atoms with Crippen LogP contribution >= 0.6 is 11.8 Å². The van der Waals surface area contributed by atoms with Gasteiger partial charge in [-0.2, -0.15) is 0 Å². The van der Waals surface area contributed by atoms with E-state index in [9.17, 15) is 14.8 Å². The van der Waals surface area contributed by atoms with Gasteiger partial charge in [0.2, 0.25) is 11.8 Å². The second kappa shape index (κ2) is 5.70. The van der Waals surface area contributed by atoms with Crippen molar-refractivity contribution in [1.29, 1.82) is 0 Å². The molecule has 2 amide bonds. The van der Waals surface area contributed by atoms with Crippen molar-refractivity contribution in [3.63, 3.8) is 0 Å². The van der Waals surface area contributed by atoms with E-state index >= 15 is 0 Å². The Bertz CT molecular complexity index is 707. The van der Waals surface area contributed by atoms with E-state index < -0.39 is 11.3 Å². The van der Waals surface area contributed by atoms with Gasteiger partial charge in [0.15, 0.2) is 5.16 Å². The van der Waals surface area contributed by atoms with Crippen LogP contribution < -0.4 is 4.90 Å². The number of carbonyl (C=O) groups excluding carboxylic acids is 2. The summed E-state index contributed by atoms with van der Waals surface area (Å²) in [5.41, 5.74) is -0.0824. The van der Waals surface area contributed by atoms with E-state index in [4.69, 9.17) is 0 Å². The lowest BCUT2D eigenvalue weighted by atomic mass is 9.76. The topological polar surface area (TPSA) is 89.5 Å². The Morgan fingerprint density at radius 2 is 2.04 bits per heavy atom. The minimum atomic E-state index is -0.946. The standard InChI is InChI=1S/C16H19N4O3S/c1-24-15-17-8-10-6-16(7-12(21)19(23)9-16)14(22)20(13(10)18-15)11-4-2-3-5-11/h8,11H,2-7,9H2,1H3/q-1. The average molecular weight is 347 g/mol. The fourth-order valence-corrected chi connectivity index (χ4v) is 4.50. The van der Waals surface area contributed by atoms with Crippen molar-refractivity contribution < 1.29 is 9.59 Å². The van der Waals surface area contributed by atoms with Gasteiger partial charge in [-0.05, 0) is 25.5 Å². The molecule has 8 heteroatoms. The molecule has 3 aliphatic rings. The number of hydroxylamine groups is 2. The van der Waals surface area contributed by atoms with Crippen LogP contribution in [0.25, 0.3) is 0 Å². The Labute approximate surface area is 144 Å². The van der Waals surface area contributed by atoms with Gasteiger partial charge in [-0.15, -0.1) is 0 Å². The summed E-state index contributed by atoms with van der Waals surface area (Å²) in [7, 11) is 0. The zero-order chi connectivity index (χ0) is 16.9. The molecule has 0 bridgehead atoms. The maximum atomic E-state index is 13.3. The minimum absolute atomic E-state index is 0.0116. The molecule has 1 spiro atoms. The molecule has 1 atom stereocenters. The molecule has 24 heavy (non-hydrogen) atoms. The van der Waals surface area contributed by atoms with E-state index in [0.717, 1.165) is 31.2 Å². The van der Waals surface area contributed by atoms with E-state index in [2.05, 4.69) is 9.97 Å². The molecule has 4 rings (SSSR count). The highest BCUT2D eigenvalue weighted by Crippen LogP contribution is 2.45. The van der Waals surface area contributed by atoms with Gasteiger partial charge in [-0.25, -0.2) is 9.97 Å². The second-order valence-corrected chi connectivity index (χ2v) is 7.66. The van der Waals surface area contributed by atoms with Crippen LogP contribution in [0.4, 0.5) is 5.82 Å². The maximum absolute atomic E-state index is 13.3.